The molecule has 0 aliphatic carbocycles. The number of aryl methyl sites for hydroxylation is 1. The molecule has 1 aliphatic heterocycles. The Morgan fingerprint density at radius 3 is 2.87 bits per heavy atom. The van der Waals surface area contributed by atoms with Crippen molar-refractivity contribution in [1.29, 1.82) is 0 Å². The van der Waals surface area contributed by atoms with Gasteiger partial charge in [0.15, 0.2) is 6.39 Å². The maximum atomic E-state index is 11.4. The minimum absolute atomic E-state index is 0.220. The normalized spacial score (nSPS) is 18.2. The van der Waals surface area contributed by atoms with Gasteiger partial charge < -0.3 is 19.0 Å². The molecular formula is C22H24N2O5S. The molecule has 2 atom stereocenters. The van der Waals surface area contributed by atoms with Gasteiger partial charge in [0.25, 0.3) is 0 Å². The zero-order valence-corrected chi connectivity index (χ0v) is 17.5. The Kier molecular flexibility index (Phi) is 6.47. The van der Waals surface area contributed by atoms with Gasteiger partial charge in [0.2, 0.25) is 0 Å². The monoisotopic (exact) mass is 428 g/mol. The van der Waals surface area contributed by atoms with Crippen molar-refractivity contribution in [3.63, 3.8) is 0 Å². The third-order valence-corrected chi connectivity index (χ3v) is 6.06. The summed E-state index contributed by atoms with van der Waals surface area (Å²) in [7, 11) is 0. The number of hydrogen-bond donors (Lipinski definition) is 1. The Morgan fingerprint density at radius 2 is 2.20 bits per heavy atom. The third kappa shape index (κ3) is 4.89. The highest BCUT2D eigenvalue weighted by Gasteiger charge is 2.29. The molecule has 1 fully saturated rings. The minimum Gasteiger partial charge on any atom is -0.484 e. The van der Waals surface area contributed by atoms with E-state index >= 15 is 0 Å². The molecule has 8 heteroatoms. The van der Waals surface area contributed by atoms with Crippen LogP contribution in [0.15, 0.2) is 52.6 Å². The summed E-state index contributed by atoms with van der Waals surface area (Å²) in [5.41, 5.74) is 1.83. The maximum absolute atomic E-state index is 11.4. The fraction of sp³-hybridized carbons (Fsp3) is 0.364. The highest BCUT2D eigenvalue weighted by atomic mass is 32.1. The van der Waals surface area contributed by atoms with E-state index in [1.54, 1.807) is 11.3 Å². The zero-order chi connectivity index (χ0) is 20.9. The summed E-state index contributed by atoms with van der Waals surface area (Å²) in [5, 5.41) is 11.4. The van der Waals surface area contributed by atoms with Crippen molar-refractivity contribution in [2.45, 2.75) is 32.0 Å². The fourth-order valence-corrected chi connectivity index (χ4v) is 4.29. The second-order valence-corrected chi connectivity index (χ2v) is 8.26. The van der Waals surface area contributed by atoms with E-state index in [2.05, 4.69) is 11.1 Å². The number of ether oxygens (including phenoxy) is 2. The van der Waals surface area contributed by atoms with Crippen molar-refractivity contribution in [3.8, 4) is 5.75 Å². The van der Waals surface area contributed by atoms with Crippen molar-refractivity contribution in [2.75, 3.05) is 19.8 Å². The van der Waals surface area contributed by atoms with E-state index in [-0.39, 0.29) is 12.7 Å². The molecule has 1 aromatic carbocycles. The number of aliphatic carboxylic acids is 1. The molecule has 0 saturated carbocycles. The highest BCUT2D eigenvalue weighted by molar-refractivity contribution is 7.09. The number of carbonyl (C=O) groups is 1. The molecule has 0 radical (unpaired) electrons. The Balaban J connectivity index is 1.45. The molecule has 1 saturated heterocycles. The summed E-state index contributed by atoms with van der Waals surface area (Å²) in [5.74, 6) is 0.633. The predicted octanol–water partition coefficient (Wildman–Crippen LogP) is 3.69. The summed E-state index contributed by atoms with van der Waals surface area (Å²) in [6.07, 6.45) is 1.91. The van der Waals surface area contributed by atoms with Crippen LogP contribution in [0.25, 0.3) is 0 Å². The van der Waals surface area contributed by atoms with Crippen LogP contribution in [0.4, 0.5) is 0 Å². The summed E-state index contributed by atoms with van der Waals surface area (Å²) in [6, 6.07) is 11.3. The Morgan fingerprint density at radius 1 is 1.37 bits per heavy atom. The van der Waals surface area contributed by atoms with Gasteiger partial charge in [-0.3, -0.25) is 9.69 Å². The van der Waals surface area contributed by atoms with Gasteiger partial charge in [0, 0.05) is 24.4 Å². The molecule has 30 heavy (non-hydrogen) atoms. The number of nitrogens with zero attached hydrogens (tertiary/aromatic N) is 2. The van der Waals surface area contributed by atoms with Gasteiger partial charge in [-0.1, -0.05) is 18.2 Å². The molecule has 1 N–H and O–H groups in total. The molecule has 0 bridgehead atoms. The van der Waals surface area contributed by atoms with E-state index in [1.165, 1.54) is 11.3 Å². The molecule has 0 amide bonds. The largest absolute Gasteiger partial charge is 0.484 e. The van der Waals surface area contributed by atoms with Crippen molar-refractivity contribution in [2.24, 2.45) is 0 Å². The first-order chi connectivity index (χ1) is 14.6. The number of carboxylic acid groups (broad SMARTS) is 1. The number of benzene rings is 1. The van der Waals surface area contributed by atoms with Gasteiger partial charge in [-0.15, -0.1) is 11.3 Å². The first-order valence-corrected chi connectivity index (χ1v) is 10.7. The van der Waals surface area contributed by atoms with Crippen molar-refractivity contribution < 1.29 is 23.8 Å². The zero-order valence-electron chi connectivity index (χ0n) is 16.7. The van der Waals surface area contributed by atoms with Gasteiger partial charge in [0.1, 0.15) is 29.3 Å². The fourth-order valence-electron chi connectivity index (χ4n) is 3.56. The van der Waals surface area contributed by atoms with E-state index in [0.717, 1.165) is 22.8 Å². The van der Waals surface area contributed by atoms with E-state index in [0.29, 0.717) is 26.1 Å². The van der Waals surface area contributed by atoms with E-state index in [4.69, 9.17) is 13.9 Å². The van der Waals surface area contributed by atoms with E-state index in [1.807, 2.05) is 47.5 Å². The predicted molar refractivity (Wildman–Crippen MR) is 112 cm³/mol. The van der Waals surface area contributed by atoms with Crippen LogP contribution in [0.5, 0.6) is 5.75 Å². The topological polar surface area (TPSA) is 85.0 Å². The van der Waals surface area contributed by atoms with Crippen molar-refractivity contribution >= 4 is 17.3 Å². The lowest BCUT2D eigenvalue weighted by Gasteiger charge is -2.32. The van der Waals surface area contributed by atoms with Crippen LogP contribution in [-0.2, 0) is 22.5 Å². The Bertz CT molecular complexity index is 954. The van der Waals surface area contributed by atoms with E-state index in [9.17, 15) is 9.90 Å². The molecule has 1 unspecified atom stereocenters. The summed E-state index contributed by atoms with van der Waals surface area (Å²) in [6.45, 7) is 3.81. The first kappa shape index (κ1) is 20.6. The summed E-state index contributed by atoms with van der Waals surface area (Å²) >= 11 is 1.69. The summed E-state index contributed by atoms with van der Waals surface area (Å²) < 4.78 is 17.0. The van der Waals surface area contributed by atoms with Crippen LogP contribution < -0.4 is 4.74 Å². The molecule has 158 valence electrons. The lowest BCUT2D eigenvalue weighted by molar-refractivity contribution is -0.150. The van der Waals surface area contributed by atoms with Gasteiger partial charge >= 0.3 is 5.97 Å². The molecule has 0 spiro atoms. The highest BCUT2D eigenvalue weighted by Crippen LogP contribution is 2.28. The maximum Gasteiger partial charge on any atom is 0.323 e. The van der Waals surface area contributed by atoms with Crippen LogP contribution in [0, 0.1) is 6.92 Å². The number of rotatable bonds is 8. The van der Waals surface area contributed by atoms with E-state index < -0.39 is 12.0 Å². The average Bonchev–Trinajstić information content (AvgIpc) is 3.41. The summed E-state index contributed by atoms with van der Waals surface area (Å²) in [4.78, 5) is 18.9. The minimum atomic E-state index is -0.853. The van der Waals surface area contributed by atoms with Crippen molar-refractivity contribution in [3.05, 3.63) is 70.1 Å². The SMILES string of the molecule is Cc1ocnc1C(Cc1cccs1)Oc1ccc(CN2CCOC[C@H]2C(=O)O)cc1. The number of oxazole rings is 1. The number of carboxylic acids is 1. The number of aromatic nitrogens is 1. The smallest absolute Gasteiger partial charge is 0.323 e. The standard InChI is InChI=1S/C22H24N2O5S/c1-15-21(23-14-28-15)20(11-18-3-2-10-30-18)29-17-6-4-16(5-7-17)12-24-8-9-27-13-19(24)22(25)26/h2-7,10,14,19-20H,8-9,11-13H2,1H3,(H,25,26)/t19-,20?/m0/s1. The molecule has 7 nitrogen and oxygen atoms in total. The molecule has 2 aromatic heterocycles. The second-order valence-electron chi connectivity index (χ2n) is 7.23. The quantitative estimate of drug-likeness (QED) is 0.586. The van der Waals surface area contributed by atoms with Gasteiger partial charge in [-0.05, 0) is 36.1 Å². The first-order valence-electron chi connectivity index (χ1n) is 9.82. The number of morpholine rings is 1. The molecule has 3 heterocycles. The third-order valence-electron chi connectivity index (χ3n) is 5.17. The Hall–Kier alpha value is -2.68. The lowest BCUT2D eigenvalue weighted by Crippen LogP contribution is -2.49. The molecule has 3 aromatic rings. The number of thiophene rings is 1. The molecule has 1 aliphatic rings. The van der Waals surface area contributed by atoms with Crippen LogP contribution in [0.1, 0.15) is 28.0 Å². The van der Waals surface area contributed by atoms with Crippen molar-refractivity contribution in [1.82, 2.24) is 9.88 Å². The number of hydrogen-bond acceptors (Lipinski definition) is 7. The molecule has 4 rings (SSSR count). The van der Waals surface area contributed by atoms with Crippen LogP contribution in [-0.4, -0.2) is 46.8 Å². The van der Waals surface area contributed by atoms with Gasteiger partial charge in [-0.2, -0.15) is 0 Å². The average molecular weight is 429 g/mol. The van der Waals surface area contributed by atoms with Gasteiger partial charge in [-0.25, -0.2) is 4.98 Å². The van der Waals surface area contributed by atoms with Crippen LogP contribution in [0.2, 0.25) is 0 Å². The van der Waals surface area contributed by atoms with Crippen LogP contribution in [0.3, 0.4) is 0 Å². The van der Waals surface area contributed by atoms with Gasteiger partial charge in [0.05, 0.1) is 13.2 Å². The second kappa shape index (κ2) is 9.42. The van der Waals surface area contributed by atoms with Crippen LogP contribution >= 0.6 is 11.3 Å². The molecular weight excluding hydrogens is 404 g/mol. The lowest BCUT2D eigenvalue weighted by atomic mass is 10.1. The Labute approximate surface area is 178 Å².